The number of carbonyl (C=O) groups is 1. The molecule has 0 spiro atoms. The molecule has 0 saturated heterocycles. The maximum atomic E-state index is 10.3. The molecular weight excluding hydrogens is 250 g/mol. The van der Waals surface area contributed by atoms with Crippen LogP contribution in [-0.2, 0) is 10.2 Å². The fraction of sp³-hybridized carbons (Fsp3) is 0.750. The van der Waals surface area contributed by atoms with E-state index in [1.165, 1.54) is 11.5 Å². The Morgan fingerprint density at radius 1 is 1.33 bits per heavy atom. The largest absolute Gasteiger partial charge is 0.481 e. The van der Waals surface area contributed by atoms with E-state index in [-0.39, 0.29) is 11.8 Å². The number of hydrogen-bond donors (Lipinski definition) is 2. The lowest BCUT2D eigenvalue weighted by Crippen LogP contribution is -2.13. The van der Waals surface area contributed by atoms with Crippen LogP contribution in [0.3, 0.4) is 0 Å². The maximum Gasteiger partial charge on any atom is 0.303 e. The Kier molecular flexibility index (Phi) is 5.53. The van der Waals surface area contributed by atoms with Gasteiger partial charge in [-0.1, -0.05) is 27.2 Å². The molecule has 0 fully saturated rings. The summed E-state index contributed by atoms with van der Waals surface area (Å²) in [6.07, 6.45) is 2.87. The van der Waals surface area contributed by atoms with Gasteiger partial charge in [-0.2, -0.15) is 4.37 Å². The quantitative estimate of drug-likeness (QED) is 0.746. The van der Waals surface area contributed by atoms with Crippen LogP contribution in [-0.4, -0.2) is 27.0 Å². The van der Waals surface area contributed by atoms with Gasteiger partial charge in [0, 0.05) is 29.9 Å². The van der Waals surface area contributed by atoms with Crippen molar-refractivity contribution in [3.63, 3.8) is 0 Å². The average molecular weight is 271 g/mol. The van der Waals surface area contributed by atoms with Gasteiger partial charge in [0.1, 0.15) is 5.82 Å². The molecule has 0 aliphatic heterocycles. The molecule has 1 rings (SSSR count). The Labute approximate surface area is 112 Å². The van der Waals surface area contributed by atoms with Gasteiger partial charge in [-0.3, -0.25) is 4.79 Å². The van der Waals surface area contributed by atoms with Gasteiger partial charge in [-0.05, 0) is 12.8 Å². The summed E-state index contributed by atoms with van der Waals surface area (Å²) in [6.45, 7) is 7.08. The molecule has 1 aromatic rings. The molecular formula is C12H21N3O2S. The van der Waals surface area contributed by atoms with Crippen LogP contribution in [0.2, 0.25) is 0 Å². The number of hydrogen-bond acceptors (Lipinski definition) is 5. The number of aliphatic carboxylic acids is 1. The molecule has 0 atom stereocenters. The molecule has 0 bridgehead atoms. The summed E-state index contributed by atoms with van der Waals surface area (Å²) >= 11 is 1.38. The molecule has 6 heteroatoms. The van der Waals surface area contributed by atoms with E-state index in [1.54, 1.807) is 0 Å². The lowest BCUT2D eigenvalue weighted by Gasteiger charge is -2.12. The monoisotopic (exact) mass is 271 g/mol. The van der Waals surface area contributed by atoms with Gasteiger partial charge in [-0.25, -0.2) is 4.98 Å². The van der Waals surface area contributed by atoms with Crippen molar-refractivity contribution >= 4 is 22.6 Å². The van der Waals surface area contributed by atoms with Crippen LogP contribution in [0.5, 0.6) is 0 Å². The van der Waals surface area contributed by atoms with Crippen LogP contribution in [0.25, 0.3) is 0 Å². The summed E-state index contributed by atoms with van der Waals surface area (Å²) in [5.41, 5.74) is -0.0160. The summed E-state index contributed by atoms with van der Waals surface area (Å²) in [5, 5.41) is 12.6. The fourth-order valence-corrected chi connectivity index (χ4v) is 2.15. The summed E-state index contributed by atoms with van der Waals surface area (Å²) < 4.78 is 4.32. The van der Waals surface area contributed by atoms with Crippen molar-refractivity contribution in [2.45, 2.75) is 51.9 Å². The molecule has 102 valence electrons. The highest BCUT2D eigenvalue weighted by Crippen LogP contribution is 2.22. The van der Waals surface area contributed by atoms with Crippen LogP contribution < -0.4 is 5.32 Å². The maximum absolute atomic E-state index is 10.3. The zero-order valence-corrected chi connectivity index (χ0v) is 12.0. The number of aromatic nitrogens is 2. The fourth-order valence-electron chi connectivity index (χ4n) is 1.37. The number of nitrogens with zero attached hydrogens (tertiary/aromatic N) is 2. The van der Waals surface area contributed by atoms with E-state index in [0.717, 1.165) is 36.8 Å². The van der Waals surface area contributed by atoms with E-state index < -0.39 is 5.97 Å². The molecule has 1 heterocycles. The van der Waals surface area contributed by atoms with Crippen molar-refractivity contribution in [3.8, 4) is 0 Å². The Bertz CT molecular complexity index is 385. The second-order valence-corrected chi connectivity index (χ2v) is 6.06. The Morgan fingerprint density at radius 2 is 2.06 bits per heavy atom. The number of anilines is 1. The predicted molar refractivity (Wildman–Crippen MR) is 73.2 cm³/mol. The molecule has 0 amide bonds. The molecule has 18 heavy (non-hydrogen) atoms. The lowest BCUT2D eigenvalue weighted by molar-refractivity contribution is -0.137. The molecule has 2 N–H and O–H groups in total. The van der Waals surface area contributed by atoms with Crippen molar-refractivity contribution < 1.29 is 9.90 Å². The van der Waals surface area contributed by atoms with Gasteiger partial charge in [0.2, 0.25) is 5.13 Å². The minimum Gasteiger partial charge on any atom is -0.481 e. The van der Waals surface area contributed by atoms with Crippen molar-refractivity contribution in [1.29, 1.82) is 0 Å². The third kappa shape index (κ3) is 5.44. The van der Waals surface area contributed by atoms with Crippen molar-refractivity contribution in [3.05, 3.63) is 5.82 Å². The molecule has 0 radical (unpaired) electrons. The summed E-state index contributed by atoms with van der Waals surface area (Å²) in [6, 6.07) is 0. The smallest absolute Gasteiger partial charge is 0.303 e. The van der Waals surface area contributed by atoms with Gasteiger partial charge in [0.25, 0.3) is 0 Å². The summed E-state index contributed by atoms with van der Waals surface area (Å²) in [4.78, 5) is 14.7. The normalized spacial score (nSPS) is 11.5. The topological polar surface area (TPSA) is 75.1 Å². The molecule has 0 aliphatic carbocycles. The zero-order valence-electron chi connectivity index (χ0n) is 11.2. The minimum atomic E-state index is -0.720. The molecule has 0 aromatic carbocycles. The van der Waals surface area contributed by atoms with E-state index in [9.17, 15) is 4.79 Å². The lowest BCUT2D eigenvalue weighted by atomic mass is 9.96. The average Bonchev–Trinajstić information content (AvgIpc) is 2.71. The molecule has 1 aromatic heterocycles. The van der Waals surface area contributed by atoms with Gasteiger partial charge >= 0.3 is 5.97 Å². The van der Waals surface area contributed by atoms with E-state index in [2.05, 4.69) is 35.4 Å². The predicted octanol–water partition coefficient (Wildman–Crippen LogP) is 2.89. The molecule has 0 aliphatic rings. The highest BCUT2D eigenvalue weighted by Gasteiger charge is 2.19. The highest BCUT2D eigenvalue weighted by molar-refractivity contribution is 7.09. The number of rotatable bonds is 7. The van der Waals surface area contributed by atoms with Crippen LogP contribution in [0, 0.1) is 0 Å². The number of unbranched alkanes of at least 4 members (excludes halogenated alkanes) is 2. The Morgan fingerprint density at radius 3 is 2.61 bits per heavy atom. The number of nitrogens with one attached hydrogen (secondary N) is 1. The number of carboxylic acids is 1. The van der Waals surface area contributed by atoms with Crippen molar-refractivity contribution in [2.24, 2.45) is 0 Å². The van der Waals surface area contributed by atoms with E-state index >= 15 is 0 Å². The SMILES string of the molecule is CC(C)(C)c1nsc(NCCCCCC(=O)O)n1. The summed E-state index contributed by atoms with van der Waals surface area (Å²) in [7, 11) is 0. The number of carboxylic acid groups (broad SMARTS) is 1. The first-order valence-corrected chi connectivity index (χ1v) is 6.97. The summed E-state index contributed by atoms with van der Waals surface area (Å²) in [5.74, 6) is 0.141. The Hall–Kier alpha value is -1.17. The Balaban J connectivity index is 2.20. The van der Waals surface area contributed by atoms with E-state index in [1.807, 2.05) is 0 Å². The van der Waals surface area contributed by atoms with Crippen LogP contribution in [0.1, 0.15) is 52.3 Å². The van der Waals surface area contributed by atoms with Crippen LogP contribution in [0.15, 0.2) is 0 Å². The second-order valence-electron chi connectivity index (χ2n) is 5.30. The van der Waals surface area contributed by atoms with Gasteiger partial charge < -0.3 is 10.4 Å². The third-order valence-electron chi connectivity index (χ3n) is 2.44. The van der Waals surface area contributed by atoms with Crippen molar-refractivity contribution in [1.82, 2.24) is 9.36 Å². The van der Waals surface area contributed by atoms with E-state index in [0.29, 0.717) is 0 Å². The standard InChI is InChI=1S/C12H21N3O2S/c1-12(2,3)10-14-11(18-15-10)13-8-6-4-5-7-9(16)17/h4-8H2,1-3H3,(H,16,17)(H,13,14,15). The van der Waals surface area contributed by atoms with Crippen LogP contribution >= 0.6 is 11.5 Å². The molecule has 0 unspecified atom stereocenters. The first kappa shape index (κ1) is 14.9. The first-order chi connectivity index (χ1) is 8.39. The zero-order chi connectivity index (χ0) is 13.6. The van der Waals surface area contributed by atoms with E-state index in [4.69, 9.17) is 5.11 Å². The highest BCUT2D eigenvalue weighted by atomic mass is 32.1. The molecule has 5 nitrogen and oxygen atoms in total. The second kappa shape index (κ2) is 6.68. The first-order valence-electron chi connectivity index (χ1n) is 6.19. The third-order valence-corrected chi connectivity index (χ3v) is 3.11. The van der Waals surface area contributed by atoms with Gasteiger partial charge in [0.05, 0.1) is 0 Å². The van der Waals surface area contributed by atoms with Gasteiger partial charge in [0.15, 0.2) is 0 Å². The molecule has 0 saturated carbocycles. The van der Waals surface area contributed by atoms with Crippen molar-refractivity contribution in [2.75, 3.05) is 11.9 Å². The minimum absolute atomic E-state index is 0.0160. The van der Waals surface area contributed by atoms with Crippen LogP contribution in [0.4, 0.5) is 5.13 Å². The van der Waals surface area contributed by atoms with Gasteiger partial charge in [-0.15, -0.1) is 0 Å².